The molecule has 2 N–H and O–H groups in total. The molecule has 0 aromatic heterocycles. The van der Waals surface area contributed by atoms with Crippen molar-refractivity contribution < 1.29 is 4.21 Å². The van der Waals surface area contributed by atoms with Crippen molar-refractivity contribution in [3.63, 3.8) is 0 Å². The number of hydrogen-bond donors (Lipinski definition) is 2. The number of nitrogens with one attached hydrogen (secondary N) is 2. The van der Waals surface area contributed by atoms with Crippen molar-refractivity contribution in [2.75, 3.05) is 18.6 Å². The van der Waals surface area contributed by atoms with Gasteiger partial charge in [-0.25, -0.2) is 0 Å². The lowest BCUT2D eigenvalue weighted by molar-refractivity contribution is 0.620. The van der Waals surface area contributed by atoms with Gasteiger partial charge in [-0.05, 0) is 31.5 Å². The molecule has 0 aromatic carbocycles. The molecule has 0 heterocycles. The molecule has 0 saturated heterocycles. The fourth-order valence-electron chi connectivity index (χ4n) is 1.78. The van der Waals surface area contributed by atoms with Crippen LogP contribution in [0.4, 0.5) is 0 Å². The highest BCUT2D eigenvalue weighted by Crippen LogP contribution is 2.17. The maximum Gasteiger partial charge on any atom is 0.166 e. The van der Waals surface area contributed by atoms with Crippen LogP contribution in [0.1, 0.15) is 32.1 Å². The van der Waals surface area contributed by atoms with Gasteiger partial charge in [-0.15, -0.1) is 0 Å². The lowest BCUT2D eigenvalue weighted by Crippen LogP contribution is -2.41. The molecule has 1 aliphatic carbocycles. The maximum absolute atomic E-state index is 10.8. The highest BCUT2D eigenvalue weighted by Gasteiger charge is 2.14. The van der Waals surface area contributed by atoms with E-state index >= 15 is 0 Å². The van der Waals surface area contributed by atoms with Crippen LogP contribution in [0.3, 0.4) is 0 Å². The van der Waals surface area contributed by atoms with Gasteiger partial charge in [0.2, 0.25) is 0 Å². The molecular weight excluding hydrogens is 228 g/mol. The van der Waals surface area contributed by atoms with Crippen molar-refractivity contribution in [2.24, 2.45) is 0 Å². The van der Waals surface area contributed by atoms with Crippen LogP contribution in [0.25, 0.3) is 0 Å². The maximum atomic E-state index is 10.8. The van der Waals surface area contributed by atoms with E-state index in [0.29, 0.717) is 6.04 Å². The fraction of sp³-hybridized carbons (Fsp3) is 0.900. The predicted octanol–water partition coefficient (Wildman–Crippen LogP) is 1.16. The quantitative estimate of drug-likeness (QED) is 0.566. The molecule has 0 amide bonds. The summed E-state index contributed by atoms with van der Waals surface area (Å²) < 4.78 is 10.8. The number of hydrogen-bond acceptors (Lipinski definition) is 2. The molecule has 0 aromatic rings. The third-order valence-corrected chi connectivity index (χ3v) is 3.71. The van der Waals surface area contributed by atoms with Gasteiger partial charge in [-0.1, -0.05) is 12.8 Å². The van der Waals surface area contributed by atoms with Gasteiger partial charge in [-0.3, -0.25) is 4.21 Å². The number of thiocarbonyl (C=S) groups is 1. The first-order valence-corrected chi connectivity index (χ1v) is 7.66. The van der Waals surface area contributed by atoms with Crippen molar-refractivity contribution in [3.05, 3.63) is 0 Å². The Morgan fingerprint density at radius 1 is 1.47 bits per heavy atom. The van der Waals surface area contributed by atoms with E-state index in [9.17, 15) is 4.21 Å². The van der Waals surface area contributed by atoms with E-state index in [1.54, 1.807) is 6.26 Å². The molecule has 1 atom stereocenters. The minimum absolute atomic E-state index is 0.574. The molecule has 0 aliphatic heterocycles. The Hall–Kier alpha value is -0.160. The monoisotopic (exact) mass is 248 g/mol. The molecular formula is C10H20N2OS2. The van der Waals surface area contributed by atoms with Crippen LogP contribution in [0, 0.1) is 0 Å². The molecule has 0 radical (unpaired) electrons. The van der Waals surface area contributed by atoms with Crippen molar-refractivity contribution >= 4 is 28.1 Å². The lowest BCUT2D eigenvalue weighted by atomic mass is 10.3. The van der Waals surface area contributed by atoms with Crippen LogP contribution in [-0.2, 0) is 10.8 Å². The Labute approximate surface area is 99.9 Å². The van der Waals surface area contributed by atoms with Gasteiger partial charge in [0.05, 0.1) is 0 Å². The van der Waals surface area contributed by atoms with Crippen LogP contribution in [0.2, 0.25) is 0 Å². The van der Waals surface area contributed by atoms with Gasteiger partial charge in [0.25, 0.3) is 0 Å². The first kappa shape index (κ1) is 12.9. The zero-order valence-electron chi connectivity index (χ0n) is 9.25. The summed E-state index contributed by atoms with van der Waals surface area (Å²) in [5.74, 6) is 0.749. The second kappa shape index (κ2) is 7.17. The molecule has 1 rings (SSSR count). The zero-order valence-corrected chi connectivity index (χ0v) is 10.9. The first-order chi connectivity index (χ1) is 7.18. The molecule has 88 valence electrons. The third kappa shape index (κ3) is 6.10. The Kier molecular flexibility index (Phi) is 6.17. The van der Waals surface area contributed by atoms with E-state index in [1.807, 2.05) is 0 Å². The molecule has 0 bridgehead atoms. The molecule has 15 heavy (non-hydrogen) atoms. The Morgan fingerprint density at radius 2 is 2.13 bits per heavy atom. The lowest BCUT2D eigenvalue weighted by Gasteiger charge is -2.15. The van der Waals surface area contributed by atoms with E-state index in [4.69, 9.17) is 12.2 Å². The molecule has 1 aliphatic rings. The summed E-state index contributed by atoms with van der Waals surface area (Å²) in [6, 6.07) is 0.574. The minimum atomic E-state index is -0.688. The summed E-state index contributed by atoms with van der Waals surface area (Å²) in [4.78, 5) is 0. The summed E-state index contributed by atoms with van der Waals surface area (Å²) in [6.45, 7) is 0.818. The zero-order chi connectivity index (χ0) is 11.1. The van der Waals surface area contributed by atoms with E-state index in [-0.39, 0.29) is 0 Å². The number of rotatable bonds is 5. The Balaban J connectivity index is 2.00. The van der Waals surface area contributed by atoms with Crippen LogP contribution in [-0.4, -0.2) is 33.9 Å². The van der Waals surface area contributed by atoms with Crippen molar-refractivity contribution in [1.82, 2.24) is 10.6 Å². The first-order valence-electron chi connectivity index (χ1n) is 5.53. The van der Waals surface area contributed by atoms with Crippen LogP contribution in [0.15, 0.2) is 0 Å². The molecule has 1 saturated carbocycles. The van der Waals surface area contributed by atoms with Gasteiger partial charge in [0.15, 0.2) is 5.11 Å². The van der Waals surface area contributed by atoms with E-state index in [1.165, 1.54) is 25.7 Å². The van der Waals surface area contributed by atoms with Gasteiger partial charge >= 0.3 is 0 Å². The van der Waals surface area contributed by atoms with Crippen molar-refractivity contribution in [3.8, 4) is 0 Å². The SMILES string of the molecule is CS(=O)CCCNC(=S)NC1CCCC1. The minimum Gasteiger partial charge on any atom is -0.363 e. The molecule has 1 unspecified atom stereocenters. The van der Waals surface area contributed by atoms with Crippen LogP contribution >= 0.6 is 12.2 Å². The molecule has 0 spiro atoms. The van der Waals surface area contributed by atoms with Gasteiger partial charge < -0.3 is 10.6 Å². The van der Waals surface area contributed by atoms with Crippen molar-refractivity contribution in [1.29, 1.82) is 0 Å². The molecule has 3 nitrogen and oxygen atoms in total. The molecule has 1 fully saturated rings. The Bertz CT molecular complexity index is 227. The Morgan fingerprint density at radius 3 is 2.73 bits per heavy atom. The van der Waals surface area contributed by atoms with E-state index < -0.39 is 10.8 Å². The average molecular weight is 248 g/mol. The smallest absolute Gasteiger partial charge is 0.166 e. The summed E-state index contributed by atoms with van der Waals surface area (Å²) in [7, 11) is -0.688. The predicted molar refractivity (Wildman–Crippen MR) is 69.5 cm³/mol. The van der Waals surface area contributed by atoms with Gasteiger partial charge in [0.1, 0.15) is 0 Å². The van der Waals surface area contributed by atoms with Crippen molar-refractivity contribution in [2.45, 2.75) is 38.1 Å². The standard InChI is InChI=1S/C10H20N2OS2/c1-15(13)8-4-7-11-10(14)12-9-5-2-3-6-9/h9H,2-8H2,1H3,(H2,11,12,14). The summed E-state index contributed by atoms with van der Waals surface area (Å²) in [5.41, 5.74) is 0. The van der Waals surface area contributed by atoms with Gasteiger partial charge in [0, 0.05) is 35.4 Å². The highest BCUT2D eigenvalue weighted by atomic mass is 32.2. The van der Waals surface area contributed by atoms with Crippen LogP contribution < -0.4 is 10.6 Å². The second-order valence-electron chi connectivity index (χ2n) is 4.01. The third-order valence-electron chi connectivity index (χ3n) is 2.58. The summed E-state index contributed by atoms with van der Waals surface area (Å²) >= 11 is 5.17. The summed E-state index contributed by atoms with van der Waals surface area (Å²) in [6.07, 6.45) is 7.75. The van der Waals surface area contributed by atoms with Crippen LogP contribution in [0.5, 0.6) is 0 Å². The van der Waals surface area contributed by atoms with E-state index in [0.717, 1.165) is 23.8 Å². The normalized spacial score (nSPS) is 18.7. The average Bonchev–Trinajstić information content (AvgIpc) is 2.64. The fourth-order valence-corrected chi connectivity index (χ4v) is 2.60. The second-order valence-corrected chi connectivity index (χ2v) is 5.98. The summed E-state index contributed by atoms with van der Waals surface area (Å²) in [5, 5.41) is 7.22. The molecule has 5 heteroatoms. The topological polar surface area (TPSA) is 41.1 Å². The largest absolute Gasteiger partial charge is 0.363 e. The van der Waals surface area contributed by atoms with Gasteiger partial charge in [-0.2, -0.15) is 0 Å². The van der Waals surface area contributed by atoms with E-state index in [2.05, 4.69) is 10.6 Å². The highest BCUT2D eigenvalue weighted by molar-refractivity contribution is 7.84.